The molecule has 4 rings (SSSR count). The molecular formula is C25H29F3N6O3. The molecule has 0 spiro atoms. The van der Waals surface area contributed by atoms with E-state index < -0.39 is 34.7 Å². The Hall–Kier alpha value is -3.51. The van der Waals surface area contributed by atoms with Crippen molar-refractivity contribution in [1.29, 1.82) is 0 Å². The lowest BCUT2D eigenvalue weighted by atomic mass is 9.85. The van der Waals surface area contributed by atoms with Crippen LogP contribution in [0, 0.1) is 0 Å². The van der Waals surface area contributed by atoms with Crippen LogP contribution in [0.1, 0.15) is 43.4 Å². The quantitative estimate of drug-likeness (QED) is 0.487. The molecule has 1 amide bonds. The Morgan fingerprint density at radius 2 is 2.03 bits per heavy atom. The first-order valence-corrected chi connectivity index (χ1v) is 11.8. The second-order valence-electron chi connectivity index (χ2n) is 9.46. The molecule has 0 aliphatic carbocycles. The number of amides is 1. The number of nitrogens with one attached hydrogen (secondary N) is 1. The van der Waals surface area contributed by atoms with E-state index in [4.69, 9.17) is 4.74 Å². The van der Waals surface area contributed by atoms with E-state index in [2.05, 4.69) is 20.4 Å². The molecule has 37 heavy (non-hydrogen) atoms. The van der Waals surface area contributed by atoms with Gasteiger partial charge in [0, 0.05) is 38.5 Å². The van der Waals surface area contributed by atoms with Gasteiger partial charge in [0.05, 0.1) is 35.1 Å². The lowest BCUT2D eigenvalue weighted by Gasteiger charge is -2.39. The van der Waals surface area contributed by atoms with Gasteiger partial charge in [-0.3, -0.25) is 9.48 Å². The molecule has 0 radical (unpaired) electrons. The van der Waals surface area contributed by atoms with Crippen LogP contribution in [0.5, 0.6) is 0 Å². The summed E-state index contributed by atoms with van der Waals surface area (Å²) in [6.07, 6.45) is 0.148. The third-order valence-electron chi connectivity index (χ3n) is 6.73. The molecule has 0 aromatic carbocycles. The molecule has 0 bridgehead atoms. The van der Waals surface area contributed by atoms with E-state index in [0.717, 1.165) is 6.20 Å². The summed E-state index contributed by atoms with van der Waals surface area (Å²) >= 11 is 0. The number of carbonyl (C=O) groups excluding carboxylic acids is 1. The first-order chi connectivity index (χ1) is 17.4. The van der Waals surface area contributed by atoms with Gasteiger partial charge in [-0.2, -0.15) is 18.3 Å². The minimum absolute atomic E-state index is 0.0538. The zero-order valence-electron chi connectivity index (χ0n) is 21.0. The molecule has 1 aliphatic rings. The van der Waals surface area contributed by atoms with E-state index in [1.54, 1.807) is 48.0 Å². The molecule has 1 aliphatic heterocycles. The van der Waals surface area contributed by atoms with Crippen molar-refractivity contribution in [3.05, 3.63) is 54.2 Å². The predicted octanol–water partition coefficient (Wildman–Crippen LogP) is 4.00. The largest absolute Gasteiger partial charge is 0.435 e. The van der Waals surface area contributed by atoms with Crippen molar-refractivity contribution in [3.63, 3.8) is 0 Å². The number of methoxy groups -OCH3 is 1. The van der Waals surface area contributed by atoms with E-state index in [0.29, 0.717) is 36.5 Å². The number of carbonyl (C=O) groups is 1. The average molecular weight is 519 g/mol. The Labute approximate surface area is 212 Å². The molecule has 9 nitrogen and oxygen atoms in total. The van der Waals surface area contributed by atoms with Crippen molar-refractivity contribution in [1.82, 2.24) is 19.7 Å². The number of alkyl halides is 3. The van der Waals surface area contributed by atoms with Crippen LogP contribution in [0.25, 0.3) is 11.3 Å². The first-order valence-electron chi connectivity index (χ1n) is 11.8. The lowest BCUT2D eigenvalue weighted by Crippen LogP contribution is -2.53. The van der Waals surface area contributed by atoms with Crippen LogP contribution in [0.15, 0.2) is 42.9 Å². The van der Waals surface area contributed by atoms with Crippen LogP contribution in [-0.2, 0) is 17.5 Å². The number of rotatable bonds is 7. The van der Waals surface area contributed by atoms with Crippen molar-refractivity contribution in [2.45, 2.75) is 51.1 Å². The van der Waals surface area contributed by atoms with Gasteiger partial charge in [0.15, 0.2) is 5.69 Å². The summed E-state index contributed by atoms with van der Waals surface area (Å²) in [4.78, 5) is 22.7. The highest BCUT2D eigenvalue weighted by molar-refractivity contribution is 6.03. The molecule has 3 aromatic rings. The highest BCUT2D eigenvalue weighted by atomic mass is 19.4. The number of pyridine rings is 2. The van der Waals surface area contributed by atoms with Crippen LogP contribution < -0.4 is 10.2 Å². The Bertz CT molecular complexity index is 1290. The zero-order valence-corrected chi connectivity index (χ0v) is 21.0. The monoisotopic (exact) mass is 518 g/mol. The molecule has 1 unspecified atom stereocenters. The van der Waals surface area contributed by atoms with Gasteiger partial charge >= 0.3 is 6.18 Å². The number of aromatic nitrogens is 4. The first kappa shape index (κ1) is 26.6. The van der Waals surface area contributed by atoms with Crippen molar-refractivity contribution >= 4 is 17.3 Å². The summed E-state index contributed by atoms with van der Waals surface area (Å²) in [6, 6.07) is 5.95. The van der Waals surface area contributed by atoms with Gasteiger partial charge in [0.1, 0.15) is 11.3 Å². The summed E-state index contributed by atoms with van der Waals surface area (Å²) in [5, 5.41) is 17.1. The van der Waals surface area contributed by atoms with Crippen molar-refractivity contribution < 1.29 is 27.8 Å². The molecule has 3 aromatic heterocycles. The van der Waals surface area contributed by atoms with Crippen molar-refractivity contribution in [2.75, 3.05) is 30.4 Å². The summed E-state index contributed by atoms with van der Waals surface area (Å²) in [5.74, 6) is -0.807. The number of nitrogens with zero attached hydrogens (tertiary/aromatic N) is 5. The van der Waals surface area contributed by atoms with E-state index in [-0.39, 0.29) is 12.2 Å². The van der Waals surface area contributed by atoms with Gasteiger partial charge in [0.2, 0.25) is 0 Å². The van der Waals surface area contributed by atoms with Crippen molar-refractivity contribution in [3.8, 4) is 11.3 Å². The summed E-state index contributed by atoms with van der Waals surface area (Å²) in [5.41, 5.74) is -2.34. The summed E-state index contributed by atoms with van der Waals surface area (Å²) in [6.45, 7) is 6.50. The smallest absolute Gasteiger partial charge is 0.387 e. The summed E-state index contributed by atoms with van der Waals surface area (Å²) in [7, 11) is 1.49. The number of aryl methyl sites for hydroxylation is 1. The van der Waals surface area contributed by atoms with Gasteiger partial charge in [-0.05, 0) is 45.4 Å². The maximum Gasteiger partial charge on any atom is 0.435 e. The second-order valence-corrected chi connectivity index (χ2v) is 9.46. The number of halogens is 3. The van der Waals surface area contributed by atoms with Crippen LogP contribution in [0.4, 0.5) is 24.5 Å². The highest BCUT2D eigenvalue weighted by Gasteiger charge is 2.49. The zero-order chi connectivity index (χ0) is 27.0. The fourth-order valence-corrected chi connectivity index (χ4v) is 4.44. The second kappa shape index (κ2) is 9.75. The fourth-order valence-electron chi connectivity index (χ4n) is 4.44. The van der Waals surface area contributed by atoms with Crippen LogP contribution in [-0.4, -0.2) is 62.2 Å². The fraction of sp³-hybridized carbons (Fsp3) is 0.440. The predicted molar refractivity (Wildman–Crippen MR) is 131 cm³/mol. The maximum absolute atomic E-state index is 13.8. The highest BCUT2D eigenvalue weighted by Crippen LogP contribution is 2.40. The third kappa shape index (κ3) is 5.30. The minimum atomic E-state index is -4.79. The Morgan fingerprint density at radius 1 is 1.27 bits per heavy atom. The number of anilines is 2. The van der Waals surface area contributed by atoms with E-state index in [9.17, 15) is 23.1 Å². The van der Waals surface area contributed by atoms with Gasteiger partial charge in [-0.15, -0.1) is 0 Å². The Morgan fingerprint density at radius 3 is 2.62 bits per heavy atom. The standard InChI is InChI=1S/C25H29F3N6O3/c1-5-34-14-16(12-30-34)18-7-6-8-19(31-18)22(35)32-20-11-17(13-29-21(20)25(26,27)28)33-10-9-24(15-33,37-4)23(2,3)36/h6-8,11-14,36H,5,9-10,15H2,1-4H3,(H,32,35). The molecule has 1 atom stereocenters. The minimum Gasteiger partial charge on any atom is -0.387 e. The SMILES string of the molecule is CCn1cc(-c2cccc(C(=O)Nc3cc(N4CCC(OC)(C(C)(C)O)C4)cnc3C(F)(F)F)n2)cn1. The molecule has 1 fully saturated rings. The number of hydrogen-bond donors (Lipinski definition) is 2. The molecular weight excluding hydrogens is 489 g/mol. The molecule has 0 saturated carbocycles. The summed E-state index contributed by atoms with van der Waals surface area (Å²) < 4.78 is 48.6. The van der Waals surface area contributed by atoms with Crippen LogP contribution in [0.3, 0.4) is 0 Å². The lowest BCUT2D eigenvalue weighted by molar-refractivity contribution is -0.140. The van der Waals surface area contributed by atoms with Crippen LogP contribution >= 0.6 is 0 Å². The third-order valence-corrected chi connectivity index (χ3v) is 6.73. The molecule has 2 N–H and O–H groups in total. The molecule has 12 heteroatoms. The Kier molecular flexibility index (Phi) is 6.99. The van der Waals surface area contributed by atoms with Gasteiger partial charge < -0.3 is 20.1 Å². The normalized spacial score (nSPS) is 18.3. The van der Waals surface area contributed by atoms with Gasteiger partial charge in [0.25, 0.3) is 5.91 Å². The van der Waals surface area contributed by atoms with Gasteiger partial charge in [-0.1, -0.05) is 6.07 Å². The number of hydrogen-bond acceptors (Lipinski definition) is 7. The average Bonchev–Trinajstić information content (AvgIpc) is 3.51. The van der Waals surface area contributed by atoms with Crippen LogP contribution in [0.2, 0.25) is 0 Å². The van der Waals surface area contributed by atoms with Gasteiger partial charge in [-0.25, -0.2) is 9.97 Å². The maximum atomic E-state index is 13.8. The molecule has 1 saturated heterocycles. The van der Waals surface area contributed by atoms with Crippen molar-refractivity contribution in [2.24, 2.45) is 0 Å². The van der Waals surface area contributed by atoms with E-state index >= 15 is 0 Å². The van der Waals surface area contributed by atoms with E-state index in [1.165, 1.54) is 19.2 Å². The number of ether oxygens (including phenoxy) is 1. The number of aliphatic hydroxyl groups is 1. The van der Waals surface area contributed by atoms with E-state index in [1.807, 2.05) is 6.92 Å². The molecule has 4 heterocycles. The Balaban J connectivity index is 1.63. The topological polar surface area (TPSA) is 105 Å². The molecule has 198 valence electrons.